The van der Waals surface area contributed by atoms with Crippen LogP contribution in [0.2, 0.25) is 0 Å². The molecule has 0 saturated carbocycles. The fourth-order valence-electron chi connectivity index (χ4n) is 3.72. The summed E-state index contributed by atoms with van der Waals surface area (Å²) in [5, 5.41) is 16.4. The number of nitro benzene ring substituents is 1. The third-order valence-corrected chi connectivity index (χ3v) is 5.56. The summed E-state index contributed by atoms with van der Waals surface area (Å²) in [4.78, 5) is 49.8. The number of benzene rings is 2. The molecule has 34 heavy (non-hydrogen) atoms. The minimum Gasteiger partial charge on any atom is -0.466 e. The SMILES string of the molecule is CCCCN1C(=O)N[C@@H](c2cccc(NC(=O)c3ccc([N+](=O)[O-])cc3)c2)C(C(=O)OC)=C1C. The Morgan fingerprint density at radius 1 is 1.21 bits per heavy atom. The van der Waals surface area contributed by atoms with Crippen molar-refractivity contribution >= 4 is 29.3 Å². The Kier molecular flexibility index (Phi) is 7.62. The summed E-state index contributed by atoms with van der Waals surface area (Å²) in [5.41, 5.74) is 2.00. The van der Waals surface area contributed by atoms with E-state index in [9.17, 15) is 24.5 Å². The van der Waals surface area contributed by atoms with E-state index in [1.807, 2.05) is 6.92 Å². The van der Waals surface area contributed by atoms with Gasteiger partial charge < -0.3 is 15.4 Å². The van der Waals surface area contributed by atoms with Crippen LogP contribution in [0.5, 0.6) is 0 Å². The predicted octanol–water partition coefficient (Wildman–Crippen LogP) is 4.16. The van der Waals surface area contributed by atoms with Crippen molar-refractivity contribution in [3.63, 3.8) is 0 Å². The van der Waals surface area contributed by atoms with Crippen molar-refractivity contribution in [3.05, 3.63) is 81.0 Å². The molecule has 0 aliphatic carbocycles. The van der Waals surface area contributed by atoms with Crippen molar-refractivity contribution in [2.75, 3.05) is 19.0 Å². The number of nitro groups is 1. The standard InChI is InChI=1S/C24H26N4O6/c1-4-5-13-27-15(2)20(23(30)34-3)21(26-24(27)31)17-7-6-8-18(14-17)25-22(29)16-9-11-19(12-10-16)28(32)33/h6-12,14,21H,4-5,13H2,1-3H3,(H,25,29)(H,26,31)/t21-/m0/s1. The lowest BCUT2D eigenvalue weighted by atomic mass is 9.94. The van der Waals surface area contributed by atoms with Crippen LogP contribution in [0.1, 0.15) is 48.7 Å². The summed E-state index contributed by atoms with van der Waals surface area (Å²) >= 11 is 0. The van der Waals surface area contributed by atoms with Crippen LogP contribution in [0.4, 0.5) is 16.2 Å². The van der Waals surface area contributed by atoms with E-state index in [0.29, 0.717) is 29.1 Å². The number of esters is 1. The predicted molar refractivity (Wildman–Crippen MR) is 125 cm³/mol. The number of anilines is 1. The molecule has 0 bridgehead atoms. The number of ether oxygens (including phenoxy) is 1. The largest absolute Gasteiger partial charge is 0.466 e. The fraction of sp³-hybridized carbons (Fsp3) is 0.292. The minimum atomic E-state index is -0.756. The van der Waals surface area contributed by atoms with Crippen LogP contribution in [0.15, 0.2) is 59.8 Å². The highest BCUT2D eigenvalue weighted by Gasteiger charge is 2.36. The Hall–Kier alpha value is -4.21. The average Bonchev–Trinajstić information content (AvgIpc) is 2.83. The quantitative estimate of drug-likeness (QED) is 0.341. The molecule has 1 atom stereocenters. The van der Waals surface area contributed by atoms with Crippen LogP contribution in [0.3, 0.4) is 0 Å². The maximum Gasteiger partial charge on any atom is 0.337 e. The molecule has 0 fully saturated rings. The molecule has 2 aromatic carbocycles. The van der Waals surface area contributed by atoms with Gasteiger partial charge in [0.1, 0.15) is 0 Å². The molecule has 3 amide bonds. The van der Waals surface area contributed by atoms with E-state index in [-0.39, 0.29) is 17.3 Å². The summed E-state index contributed by atoms with van der Waals surface area (Å²) < 4.78 is 4.99. The van der Waals surface area contributed by atoms with Gasteiger partial charge in [-0.2, -0.15) is 0 Å². The molecule has 10 nitrogen and oxygen atoms in total. The Bertz CT molecular complexity index is 1140. The first kappa shape index (κ1) is 24.4. The van der Waals surface area contributed by atoms with Gasteiger partial charge in [0.2, 0.25) is 0 Å². The first-order valence-corrected chi connectivity index (χ1v) is 10.8. The van der Waals surface area contributed by atoms with Crippen molar-refractivity contribution in [2.45, 2.75) is 32.7 Å². The fourth-order valence-corrected chi connectivity index (χ4v) is 3.72. The van der Waals surface area contributed by atoms with Crippen LogP contribution in [0.25, 0.3) is 0 Å². The molecule has 0 spiro atoms. The topological polar surface area (TPSA) is 131 Å². The van der Waals surface area contributed by atoms with E-state index in [4.69, 9.17) is 4.74 Å². The molecule has 1 aliphatic rings. The first-order chi connectivity index (χ1) is 16.3. The molecule has 0 saturated heterocycles. The molecular formula is C24H26N4O6. The molecular weight excluding hydrogens is 440 g/mol. The van der Waals surface area contributed by atoms with Crippen molar-refractivity contribution in [3.8, 4) is 0 Å². The number of nitrogens with zero attached hydrogens (tertiary/aromatic N) is 2. The Balaban J connectivity index is 1.89. The van der Waals surface area contributed by atoms with Crippen molar-refractivity contribution < 1.29 is 24.0 Å². The molecule has 3 rings (SSSR count). The summed E-state index contributed by atoms with van der Waals surface area (Å²) in [7, 11) is 1.29. The number of non-ortho nitro benzene ring substituents is 1. The van der Waals surface area contributed by atoms with Crippen molar-refractivity contribution in [1.82, 2.24) is 10.2 Å². The number of unbranched alkanes of at least 4 members (excludes halogenated alkanes) is 1. The number of hydrogen-bond donors (Lipinski definition) is 2. The maximum absolute atomic E-state index is 12.8. The number of amides is 3. The summed E-state index contributed by atoms with van der Waals surface area (Å²) in [5.74, 6) is -1.00. The van der Waals surface area contributed by atoms with Gasteiger partial charge >= 0.3 is 12.0 Å². The molecule has 2 N–H and O–H groups in total. The third kappa shape index (κ3) is 5.22. The summed E-state index contributed by atoms with van der Waals surface area (Å²) in [6, 6.07) is 10.9. The average molecular weight is 466 g/mol. The van der Waals surface area contributed by atoms with Gasteiger partial charge in [0.15, 0.2) is 0 Å². The number of carbonyl (C=O) groups excluding carboxylic acids is 3. The second kappa shape index (κ2) is 10.6. The molecule has 1 aliphatic heterocycles. The van der Waals surface area contributed by atoms with Gasteiger partial charge in [0, 0.05) is 35.6 Å². The second-order valence-corrected chi connectivity index (χ2v) is 7.76. The van der Waals surface area contributed by atoms with Gasteiger partial charge in [-0.15, -0.1) is 0 Å². The molecule has 1 heterocycles. The zero-order valence-corrected chi connectivity index (χ0v) is 19.2. The number of hydrogen-bond acceptors (Lipinski definition) is 6. The lowest BCUT2D eigenvalue weighted by Crippen LogP contribution is -2.48. The number of methoxy groups -OCH3 is 1. The molecule has 0 radical (unpaired) electrons. The highest BCUT2D eigenvalue weighted by Crippen LogP contribution is 2.32. The van der Waals surface area contributed by atoms with Gasteiger partial charge in [-0.3, -0.25) is 19.8 Å². The van der Waals surface area contributed by atoms with Crippen LogP contribution in [0, 0.1) is 10.1 Å². The smallest absolute Gasteiger partial charge is 0.337 e. The normalized spacial score (nSPS) is 15.6. The van der Waals surface area contributed by atoms with E-state index in [0.717, 1.165) is 12.8 Å². The van der Waals surface area contributed by atoms with Gasteiger partial charge in [-0.1, -0.05) is 25.5 Å². The lowest BCUT2D eigenvalue weighted by molar-refractivity contribution is -0.384. The van der Waals surface area contributed by atoms with Gasteiger partial charge in [0.25, 0.3) is 11.6 Å². The third-order valence-electron chi connectivity index (χ3n) is 5.56. The van der Waals surface area contributed by atoms with Crippen molar-refractivity contribution in [2.24, 2.45) is 0 Å². The zero-order valence-electron chi connectivity index (χ0n) is 19.2. The van der Waals surface area contributed by atoms with Crippen LogP contribution >= 0.6 is 0 Å². The van der Waals surface area contributed by atoms with Crippen LogP contribution in [-0.2, 0) is 9.53 Å². The van der Waals surface area contributed by atoms with E-state index in [1.165, 1.54) is 36.3 Å². The van der Waals surface area contributed by atoms with Crippen LogP contribution in [-0.4, -0.2) is 41.4 Å². The Morgan fingerprint density at radius 2 is 1.91 bits per heavy atom. The first-order valence-electron chi connectivity index (χ1n) is 10.8. The molecule has 10 heteroatoms. The number of carbonyl (C=O) groups is 3. The van der Waals surface area contributed by atoms with Gasteiger partial charge in [-0.05, 0) is 43.2 Å². The Morgan fingerprint density at radius 3 is 2.53 bits per heavy atom. The maximum atomic E-state index is 12.8. The van der Waals surface area contributed by atoms with Gasteiger partial charge in [-0.25, -0.2) is 9.59 Å². The minimum absolute atomic E-state index is 0.114. The molecule has 2 aromatic rings. The van der Waals surface area contributed by atoms with E-state index in [2.05, 4.69) is 10.6 Å². The lowest BCUT2D eigenvalue weighted by Gasteiger charge is -2.35. The van der Waals surface area contributed by atoms with Crippen LogP contribution < -0.4 is 10.6 Å². The second-order valence-electron chi connectivity index (χ2n) is 7.76. The van der Waals surface area contributed by atoms with Gasteiger partial charge in [0.05, 0.1) is 23.6 Å². The molecule has 0 aromatic heterocycles. The van der Waals surface area contributed by atoms with E-state index in [1.54, 1.807) is 31.2 Å². The highest BCUT2D eigenvalue weighted by atomic mass is 16.6. The number of nitrogens with one attached hydrogen (secondary N) is 2. The summed E-state index contributed by atoms with van der Waals surface area (Å²) in [6.45, 7) is 4.21. The van der Waals surface area contributed by atoms with E-state index >= 15 is 0 Å². The number of rotatable bonds is 8. The molecule has 178 valence electrons. The molecule has 0 unspecified atom stereocenters. The summed E-state index contributed by atoms with van der Waals surface area (Å²) in [6.07, 6.45) is 1.68. The van der Waals surface area contributed by atoms with E-state index < -0.39 is 22.8 Å². The number of allylic oxidation sites excluding steroid dienone is 1. The van der Waals surface area contributed by atoms with Crippen molar-refractivity contribution in [1.29, 1.82) is 0 Å². The highest BCUT2D eigenvalue weighted by molar-refractivity contribution is 6.04. The Labute approximate surface area is 196 Å². The zero-order chi connectivity index (χ0) is 24.8. The monoisotopic (exact) mass is 466 g/mol. The number of urea groups is 1.